The third-order valence-electron chi connectivity index (χ3n) is 3.21. The Labute approximate surface area is 86.8 Å². The summed E-state index contributed by atoms with van der Waals surface area (Å²) in [7, 11) is 0. The van der Waals surface area contributed by atoms with E-state index in [2.05, 4.69) is 19.2 Å². The first-order chi connectivity index (χ1) is 6.49. The van der Waals surface area contributed by atoms with Gasteiger partial charge in [-0.3, -0.25) is 0 Å². The third-order valence-corrected chi connectivity index (χ3v) is 3.21. The Hall–Kier alpha value is -0.820. The molecule has 0 aromatic rings. The Morgan fingerprint density at radius 2 is 2.43 bits per heavy atom. The van der Waals surface area contributed by atoms with Gasteiger partial charge >= 0.3 is 0 Å². The molecule has 0 aliphatic heterocycles. The second-order valence-corrected chi connectivity index (χ2v) is 4.39. The minimum absolute atomic E-state index is 0.420. The van der Waals surface area contributed by atoms with Gasteiger partial charge in [0.25, 0.3) is 0 Å². The van der Waals surface area contributed by atoms with Crippen molar-refractivity contribution in [3.05, 3.63) is 36.5 Å². The van der Waals surface area contributed by atoms with Crippen LogP contribution in [-0.2, 0) is 0 Å². The number of allylic oxidation sites excluding steroid dienone is 2. The van der Waals surface area contributed by atoms with Crippen LogP contribution < -0.4 is 0 Å². The van der Waals surface area contributed by atoms with Crippen LogP contribution in [0, 0.1) is 5.92 Å². The summed E-state index contributed by atoms with van der Waals surface area (Å²) in [5.74, 6) is 0.420. The molecule has 78 valence electrons. The Balaban J connectivity index is 2.85. The van der Waals surface area contributed by atoms with Gasteiger partial charge in [-0.2, -0.15) is 0 Å². The molecule has 0 heterocycles. The van der Waals surface area contributed by atoms with E-state index in [4.69, 9.17) is 0 Å². The van der Waals surface area contributed by atoms with Crippen LogP contribution >= 0.6 is 0 Å². The fourth-order valence-corrected chi connectivity index (χ4v) is 2.02. The fraction of sp³-hybridized carbons (Fsp3) is 0.538. The Morgan fingerprint density at radius 3 is 2.93 bits per heavy atom. The molecule has 0 bridgehead atoms. The summed E-state index contributed by atoms with van der Waals surface area (Å²) >= 11 is 0. The lowest BCUT2D eigenvalue weighted by Gasteiger charge is -2.36. The van der Waals surface area contributed by atoms with Crippen molar-refractivity contribution < 1.29 is 5.11 Å². The predicted octanol–water partition coefficient (Wildman–Crippen LogP) is 3.23. The number of aliphatic hydroxyl groups is 1. The molecule has 0 aromatic carbocycles. The second kappa shape index (κ2) is 4.14. The standard InChI is InChI=1S/C13H20O/c1-5-8-13(14)9-12(10(2)3)7-6-11(13)4/h5-6,12,14H,1-2,7-9H2,3-4H3/t12-,13?/m1/s1. The molecular weight excluding hydrogens is 172 g/mol. The van der Waals surface area contributed by atoms with E-state index in [1.54, 1.807) is 6.08 Å². The first-order valence-corrected chi connectivity index (χ1v) is 5.15. The normalized spacial score (nSPS) is 32.2. The average molecular weight is 192 g/mol. The van der Waals surface area contributed by atoms with Crippen molar-refractivity contribution in [3.8, 4) is 0 Å². The highest BCUT2D eigenvalue weighted by molar-refractivity contribution is 5.22. The molecule has 0 amide bonds. The van der Waals surface area contributed by atoms with Crippen LogP contribution in [0.15, 0.2) is 36.5 Å². The number of hydrogen-bond donors (Lipinski definition) is 1. The molecule has 0 spiro atoms. The minimum Gasteiger partial charge on any atom is -0.385 e. The van der Waals surface area contributed by atoms with Gasteiger partial charge in [-0.15, -0.1) is 6.58 Å². The molecule has 2 atom stereocenters. The van der Waals surface area contributed by atoms with Gasteiger partial charge < -0.3 is 5.11 Å². The molecule has 1 nitrogen and oxygen atoms in total. The summed E-state index contributed by atoms with van der Waals surface area (Å²) in [6.45, 7) is 11.7. The summed E-state index contributed by atoms with van der Waals surface area (Å²) in [6.07, 6.45) is 6.36. The zero-order chi connectivity index (χ0) is 10.8. The maximum absolute atomic E-state index is 10.4. The van der Waals surface area contributed by atoms with Crippen molar-refractivity contribution in [2.45, 2.75) is 38.7 Å². The lowest BCUT2D eigenvalue weighted by Crippen LogP contribution is -2.35. The molecule has 0 radical (unpaired) electrons. The van der Waals surface area contributed by atoms with Crippen LogP contribution in [0.4, 0.5) is 0 Å². The maximum Gasteiger partial charge on any atom is 0.0894 e. The van der Waals surface area contributed by atoms with Crippen molar-refractivity contribution in [1.29, 1.82) is 0 Å². The van der Waals surface area contributed by atoms with Crippen LogP contribution in [0.25, 0.3) is 0 Å². The monoisotopic (exact) mass is 192 g/mol. The quantitative estimate of drug-likeness (QED) is 0.681. The summed E-state index contributed by atoms with van der Waals surface area (Å²) in [5, 5.41) is 10.4. The highest BCUT2D eigenvalue weighted by Crippen LogP contribution is 2.37. The van der Waals surface area contributed by atoms with Gasteiger partial charge in [0.1, 0.15) is 0 Å². The fourth-order valence-electron chi connectivity index (χ4n) is 2.02. The lowest BCUT2D eigenvalue weighted by molar-refractivity contribution is 0.0524. The predicted molar refractivity (Wildman–Crippen MR) is 61.1 cm³/mol. The number of rotatable bonds is 3. The Kier molecular flexibility index (Phi) is 3.33. The largest absolute Gasteiger partial charge is 0.385 e. The van der Waals surface area contributed by atoms with Crippen LogP contribution in [0.3, 0.4) is 0 Å². The van der Waals surface area contributed by atoms with E-state index in [0.717, 1.165) is 24.0 Å². The zero-order valence-electron chi connectivity index (χ0n) is 9.21. The van der Waals surface area contributed by atoms with E-state index in [1.807, 2.05) is 13.8 Å². The molecule has 1 aliphatic rings. The van der Waals surface area contributed by atoms with E-state index in [9.17, 15) is 5.11 Å². The SMILES string of the molecule is C=CCC1(O)C[C@H](C(=C)C)CC=C1C. The molecule has 1 heteroatoms. The minimum atomic E-state index is -0.677. The lowest BCUT2D eigenvalue weighted by atomic mass is 9.74. The van der Waals surface area contributed by atoms with Crippen molar-refractivity contribution in [2.24, 2.45) is 5.92 Å². The van der Waals surface area contributed by atoms with Gasteiger partial charge in [0.05, 0.1) is 5.60 Å². The van der Waals surface area contributed by atoms with Crippen molar-refractivity contribution in [2.75, 3.05) is 0 Å². The molecule has 1 aliphatic carbocycles. The Morgan fingerprint density at radius 1 is 1.79 bits per heavy atom. The van der Waals surface area contributed by atoms with Crippen molar-refractivity contribution in [1.82, 2.24) is 0 Å². The van der Waals surface area contributed by atoms with E-state index in [1.165, 1.54) is 0 Å². The van der Waals surface area contributed by atoms with Crippen LogP contribution in [0.5, 0.6) is 0 Å². The smallest absolute Gasteiger partial charge is 0.0894 e. The van der Waals surface area contributed by atoms with Gasteiger partial charge in [-0.1, -0.05) is 24.3 Å². The second-order valence-electron chi connectivity index (χ2n) is 4.39. The zero-order valence-corrected chi connectivity index (χ0v) is 9.21. The average Bonchev–Trinajstić information content (AvgIpc) is 2.10. The Bertz CT molecular complexity index is 275. The van der Waals surface area contributed by atoms with Gasteiger partial charge in [0, 0.05) is 0 Å². The van der Waals surface area contributed by atoms with Gasteiger partial charge in [0.15, 0.2) is 0 Å². The molecule has 0 fully saturated rings. The highest BCUT2D eigenvalue weighted by atomic mass is 16.3. The van der Waals surface area contributed by atoms with E-state index < -0.39 is 5.60 Å². The first-order valence-electron chi connectivity index (χ1n) is 5.15. The van der Waals surface area contributed by atoms with E-state index in [0.29, 0.717) is 12.3 Å². The number of hydrogen-bond acceptors (Lipinski definition) is 1. The van der Waals surface area contributed by atoms with Gasteiger partial charge in [0.2, 0.25) is 0 Å². The maximum atomic E-state index is 10.4. The molecule has 0 saturated carbocycles. The van der Waals surface area contributed by atoms with Crippen LogP contribution in [0.1, 0.15) is 33.1 Å². The van der Waals surface area contributed by atoms with Gasteiger partial charge in [-0.05, 0) is 44.6 Å². The van der Waals surface area contributed by atoms with E-state index >= 15 is 0 Å². The molecule has 0 saturated heterocycles. The first kappa shape index (κ1) is 11.3. The summed E-state index contributed by atoms with van der Waals surface area (Å²) in [6, 6.07) is 0. The molecule has 1 unspecified atom stereocenters. The van der Waals surface area contributed by atoms with Crippen molar-refractivity contribution >= 4 is 0 Å². The van der Waals surface area contributed by atoms with Gasteiger partial charge in [-0.25, -0.2) is 0 Å². The molecule has 1 N–H and O–H groups in total. The molecular formula is C13H20O. The van der Waals surface area contributed by atoms with Crippen molar-refractivity contribution in [3.63, 3.8) is 0 Å². The van der Waals surface area contributed by atoms with E-state index in [-0.39, 0.29) is 0 Å². The molecule has 0 aromatic heterocycles. The molecule has 14 heavy (non-hydrogen) atoms. The topological polar surface area (TPSA) is 20.2 Å². The highest BCUT2D eigenvalue weighted by Gasteiger charge is 2.34. The summed E-state index contributed by atoms with van der Waals surface area (Å²) in [4.78, 5) is 0. The summed E-state index contributed by atoms with van der Waals surface area (Å²) in [5.41, 5.74) is 1.56. The summed E-state index contributed by atoms with van der Waals surface area (Å²) < 4.78 is 0. The van der Waals surface area contributed by atoms with Crippen LogP contribution in [-0.4, -0.2) is 10.7 Å². The van der Waals surface area contributed by atoms with Crippen LogP contribution in [0.2, 0.25) is 0 Å². The third kappa shape index (κ3) is 2.16. The molecule has 1 rings (SSSR count).